The number of benzene rings is 1. The van der Waals surface area contributed by atoms with Crippen LogP contribution in [0.4, 0.5) is 4.39 Å². The van der Waals surface area contributed by atoms with Crippen LogP contribution in [0, 0.1) is 24.6 Å². The van der Waals surface area contributed by atoms with Gasteiger partial charge in [0, 0.05) is 42.9 Å². The van der Waals surface area contributed by atoms with E-state index < -0.39 is 11.2 Å². The standard InChI is InChI=1S/C20H23FN4O3/c1-11-15(19(27)23-20(28)22-11)7-17(26)25-9-13-8-24(2)18(16(13)10-25)12-4-3-5-14(21)6-12/h3-6,13,16,18H,7-10H2,1-2H3,(H2,22,23,27,28)/t13-,16+,18-/m0/s1. The van der Waals surface area contributed by atoms with Crippen LogP contribution in [0.5, 0.6) is 0 Å². The lowest BCUT2D eigenvalue weighted by atomic mass is 9.89. The first-order valence-corrected chi connectivity index (χ1v) is 9.39. The third-order valence-electron chi connectivity index (χ3n) is 6.02. The predicted octanol–water partition coefficient (Wildman–Crippen LogP) is 0.815. The van der Waals surface area contributed by atoms with Crippen molar-refractivity contribution in [3.8, 4) is 0 Å². The molecule has 0 radical (unpaired) electrons. The Balaban J connectivity index is 1.52. The highest BCUT2D eigenvalue weighted by atomic mass is 19.1. The second kappa shape index (κ2) is 7.01. The molecule has 7 nitrogen and oxygen atoms in total. The second-order valence-corrected chi connectivity index (χ2v) is 7.85. The van der Waals surface area contributed by atoms with E-state index in [1.807, 2.05) is 13.1 Å². The Morgan fingerprint density at radius 2 is 2.00 bits per heavy atom. The largest absolute Gasteiger partial charge is 0.342 e. The summed E-state index contributed by atoms with van der Waals surface area (Å²) in [6.07, 6.45) is -0.0438. The molecule has 3 heterocycles. The van der Waals surface area contributed by atoms with Gasteiger partial charge >= 0.3 is 5.69 Å². The van der Waals surface area contributed by atoms with Crippen LogP contribution in [0.25, 0.3) is 0 Å². The first-order valence-electron chi connectivity index (χ1n) is 9.39. The van der Waals surface area contributed by atoms with Crippen molar-refractivity contribution in [3.05, 3.63) is 67.7 Å². The first-order chi connectivity index (χ1) is 13.3. The van der Waals surface area contributed by atoms with Crippen LogP contribution in [0.15, 0.2) is 33.9 Å². The van der Waals surface area contributed by atoms with Crippen LogP contribution in [0.2, 0.25) is 0 Å². The molecule has 0 unspecified atom stereocenters. The van der Waals surface area contributed by atoms with Crippen molar-refractivity contribution in [2.24, 2.45) is 11.8 Å². The topological polar surface area (TPSA) is 89.3 Å². The van der Waals surface area contributed by atoms with Crippen LogP contribution in [0.3, 0.4) is 0 Å². The molecule has 3 atom stereocenters. The number of aromatic amines is 2. The number of halogens is 1. The summed E-state index contributed by atoms with van der Waals surface area (Å²) in [5.41, 5.74) is 0.540. The molecular weight excluding hydrogens is 363 g/mol. The van der Waals surface area contributed by atoms with Gasteiger partial charge in [0.1, 0.15) is 5.82 Å². The van der Waals surface area contributed by atoms with E-state index in [1.54, 1.807) is 24.0 Å². The highest BCUT2D eigenvalue weighted by Gasteiger charge is 2.47. The number of nitrogens with zero attached hydrogens (tertiary/aromatic N) is 2. The lowest BCUT2D eigenvalue weighted by Crippen LogP contribution is -2.36. The number of carbonyl (C=O) groups excluding carboxylic acids is 1. The van der Waals surface area contributed by atoms with Gasteiger partial charge < -0.3 is 9.88 Å². The van der Waals surface area contributed by atoms with Crippen molar-refractivity contribution in [3.63, 3.8) is 0 Å². The minimum atomic E-state index is -0.574. The number of carbonyl (C=O) groups is 1. The number of amides is 1. The number of fused-ring (bicyclic) bond motifs is 1. The molecule has 0 aliphatic carbocycles. The number of likely N-dealkylation sites (tertiary alicyclic amines) is 2. The molecule has 2 aromatic rings. The van der Waals surface area contributed by atoms with E-state index in [-0.39, 0.29) is 30.1 Å². The summed E-state index contributed by atoms with van der Waals surface area (Å²) in [4.78, 5) is 44.9. The van der Waals surface area contributed by atoms with Crippen LogP contribution in [-0.2, 0) is 11.2 Å². The Hall–Kier alpha value is -2.74. The molecule has 1 amide bonds. The lowest BCUT2D eigenvalue weighted by molar-refractivity contribution is -0.129. The number of aromatic nitrogens is 2. The number of nitrogens with one attached hydrogen (secondary N) is 2. The summed E-state index contributed by atoms with van der Waals surface area (Å²) < 4.78 is 13.7. The smallest absolute Gasteiger partial charge is 0.325 e. The SMILES string of the molecule is Cc1[nH]c(=O)[nH]c(=O)c1CC(=O)N1C[C@@H]2CN(C)[C@@H](c3cccc(F)c3)[C@@H]2C1. The van der Waals surface area contributed by atoms with Gasteiger partial charge in [0.2, 0.25) is 5.91 Å². The fourth-order valence-corrected chi connectivity index (χ4v) is 4.76. The van der Waals surface area contributed by atoms with E-state index in [1.165, 1.54) is 6.07 Å². The molecule has 2 aliphatic heterocycles. The van der Waals surface area contributed by atoms with Crippen molar-refractivity contribution in [2.45, 2.75) is 19.4 Å². The third-order valence-corrected chi connectivity index (χ3v) is 6.02. The molecule has 0 spiro atoms. The predicted molar refractivity (Wildman–Crippen MR) is 101 cm³/mol. The number of aryl methyl sites for hydroxylation is 1. The molecule has 148 valence electrons. The van der Waals surface area contributed by atoms with E-state index in [2.05, 4.69) is 14.9 Å². The molecule has 1 aromatic heterocycles. The number of hydrogen-bond acceptors (Lipinski definition) is 4. The van der Waals surface area contributed by atoms with Crippen LogP contribution in [0.1, 0.15) is 22.9 Å². The number of rotatable bonds is 3. The monoisotopic (exact) mass is 386 g/mol. The van der Waals surface area contributed by atoms with Crippen molar-refractivity contribution in [1.82, 2.24) is 19.8 Å². The van der Waals surface area contributed by atoms with E-state index in [9.17, 15) is 18.8 Å². The lowest BCUT2D eigenvalue weighted by Gasteiger charge is -2.27. The zero-order valence-corrected chi connectivity index (χ0v) is 15.9. The van der Waals surface area contributed by atoms with E-state index in [0.29, 0.717) is 30.3 Å². The van der Waals surface area contributed by atoms with Gasteiger partial charge in [0.25, 0.3) is 5.56 Å². The van der Waals surface area contributed by atoms with Gasteiger partial charge in [-0.3, -0.25) is 19.5 Å². The Bertz CT molecular complexity index is 1030. The van der Waals surface area contributed by atoms with Gasteiger partial charge in [-0.2, -0.15) is 0 Å². The molecule has 4 rings (SSSR count). The fourth-order valence-electron chi connectivity index (χ4n) is 4.76. The van der Waals surface area contributed by atoms with Crippen LogP contribution in [-0.4, -0.2) is 52.4 Å². The molecule has 0 saturated carbocycles. The minimum absolute atomic E-state index is 0.0438. The van der Waals surface area contributed by atoms with E-state index in [0.717, 1.165) is 12.1 Å². The molecule has 2 fully saturated rings. The van der Waals surface area contributed by atoms with Gasteiger partial charge in [-0.05, 0) is 37.6 Å². The quantitative estimate of drug-likeness (QED) is 0.817. The molecular formula is C20H23FN4O3. The molecule has 8 heteroatoms. The van der Waals surface area contributed by atoms with Gasteiger partial charge in [0.15, 0.2) is 0 Å². The normalized spacial score (nSPS) is 24.5. The summed E-state index contributed by atoms with van der Waals surface area (Å²) in [6.45, 7) is 3.66. The van der Waals surface area contributed by atoms with Crippen molar-refractivity contribution in [1.29, 1.82) is 0 Å². The Morgan fingerprint density at radius 1 is 1.21 bits per heavy atom. The van der Waals surface area contributed by atoms with Gasteiger partial charge in [-0.1, -0.05) is 12.1 Å². The van der Waals surface area contributed by atoms with Crippen molar-refractivity contribution >= 4 is 5.91 Å². The average molecular weight is 386 g/mol. The highest BCUT2D eigenvalue weighted by Crippen LogP contribution is 2.44. The van der Waals surface area contributed by atoms with Gasteiger partial charge in [0.05, 0.1) is 6.42 Å². The van der Waals surface area contributed by atoms with E-state index >= 15 is 0 Å². The Labute approximate surface area is 161 Å². The van der Waals surface area contributed by atoms with Gasteiger partial charge in [-0.15, -0.1) is 0 Å². The van der Waals surface area contributed by atoms with Crippen LogP contribution < -0.4 is 11.2 Å². The maximum atomic E-state index is 13.7. The molecule has 2 saturated heterocycles. The highest BCUT2D eigenvalue weighted by molar-refractivity contribution is 5.79. The summed E-state index contributed by atoms with van der Waals surface area (Å²) in [7, 11) is 2.03. The van der Waals surface area contributed by atoms with Crippen molar-refractivity contribution in [2.75, 3.05) is 26.7 Å². The summed E-state index contributed by atoms with van der Waals surface area (Å²) in [5.74, 6) is 0.159. The molecule has 2 N–H and O–H groups in total. The zero-order valence-electron chi connectivity index (χ0n) is 15.9. The number of hydrogen-bond donors (Lipinski definition) is 2. The molecule has 28 heavy (non-hydrogen) atoms. The summed E-state index contributed by atoms with van der Waals surface area (Å²) >= 11 is 0. The Morgan fingerprint density at radius 3 is 2.71 bits per heavy atom. The average Bonchev–Trinajstić information content (AvgIpc) is 3.14. The second-order valence-electron chi connectivity index (χ2n) is 7.85. The first kappa shape index (κ1) is 18.6. The summed E-state index contributed by atoms with van der Waals surface area (Å²) in [6, 6.07) is 6.72. The molecule has 1 aromatic carbocycles. The Kier molecular flexibility index (Phi) is 4.66. The number of H-pyrrole nitrogens is 2. The summed E-state index contributed by atoms with van der Waals surface area (Å²) in [5, 5.41) is 0. The maximum absolute atomic E-state index is 13.7. The van der Waals surface area contributed by atoms with E-state index in [4.69, 9.17) is 0 Å². The fraction of sp³-hybridized carbons (Fsp3) is 0.450. The van der Waals surface area contributed by atoms with Crippen molar-refractivity contribution < 1.29 is 9.18 Å². The minimum Gasteiger partial charge on any atom is -0.342 e. The van der Waals surface area contributed by atoms with Gasteiger partial charge in [-0.25, -0.2) is 9.18 Å². The third kappa shape index (κ3) is 3.28. The molecule has 2 aliphatic rings. The molecule has 0 bridgehead atoms. The maximum Gasteiger partial charge on any atom is 0.325 e. The zero-order chi connectivity index (χ0) is 20.0. The van der Waals surface area contributed by atoms with Crippen LogP contribution >= 0.6 is 0 Å².